The number of piperidine rings is 1. The van der Waals surface area contributed by atoms with Crippen LogP contribution in [0.4, 0.5) is 4.39 Å². The van der Waals surface area contributed by atoms with Crippen molar-refractivity contribution in [1.29, 1.82) is 0 Å². The molecule has 0 bridgehead atoms. The summed E-state index contributed by atoms with van der Waals surface area (Å²) < 4.78 is 17.8. The van der Waals surface area contributed by atoms with E-state index in [1.54, 1.807) is 0 Å². The van der Waals surface area contributed by atoms with Gasteiger partial charge < -0.3 is 9.47 Å². The van der Waals surface area contributed by atoms with Crippen LogP contribution in [0, 0.1) is 19.8 Å². The zero-order chi connectivity index (χ0) is 26.3. The standard InChI is InChI=1S/C30H39FN2.CH3NO2/c1-23-10-12-25(13-11-23)20-28-24(2)33(29-9-5-4-8-27(28)29)21-26-14-18-32(19-15-26)22-30(31)16-6-3-7-17-30;3-1-2-4/h4-5,8-13,26H,3,6-7,14-22H2,1-2H3;1,4H,(H,2,3). The van der Waals surface area contributed by atoms with Crippen molar-refractivity contribution >= 4 is 17.3 Å². The number of benzene rings is 2. The van der Waals surface area contributed by atoms with E-state index < -0.39 is 5.67 Å². The number of alkyl halides is 1. The average Bonchev–Trinajstić information content (AvgIpc) is 3.17. The maximum atomic E-state index is 15.2. The molecule has 37 heavy (non-hydrogen) atoms. The number of aryl methyl sites for hydroxylation is 1. The predicted molar refractivity (Wildman–Crippen MR) is 148 cm³/mol. The van der Waals surface area contributed by atoms with Gasteiger partial charge in [-0.2, -0.15) is 0 Å². The van der Waals surface area contributed by atoms with Crippen LogP contribution < -0.4 is 5.48 Å². The van der Waals surface area contributed by atoms with Crippen LogP contribution >= 0.6 is 0 Å². The molecule has 1 aromatic heterocycles. The highest BCUT2D eigenvalue weighted by molar-refractivity contribution is 5.86. The fourth-order valence-corrected chi connectivity index (χ4v) is 6.20. The lowest BCUT2D eigenvalue weighted by molar-refractivity contribution is -0.116. The van der Waals surface area contributed by atoms with Crippen molar-refractivity contribution in [2.24, 2.45) is 5.92 Å². The Morgan fingerprint density at radius 1 is 1.03 bits per heavy atom. The zero-order valence-electron chi connectivity index (χ0n) is 22.4. The van der Waals surface area contributed by atoms with Crippen LogP contribution in [0.1, 0.15) is 67.3 Å². The summed E-state index contributed by atoms with van der Waals surface area (Å²) >= 11 is 0. The lowest BCUT2D eigenvalue weighted by Gasteiger charge is -2.38. The second-order valence-corrected chi connectivity index (χ2v) is 11.0. The number of hydroxylamine groups is 1. The number of aromatic nitrogens is 1. The van der Waals surface area contributed by atoms with Crippen LogP contribution in [0.2, 0.25) is 0 Å². The second kappa shape index (κ2) is 12.7. The van der Waals surface area contributed by atoms with Crippen molar-refractivity contribution in [3.63, 3.8) is 0 Å². The number of fused-ring (bicyclic) bond motifs is 1. The molecule has 1 aliphatic heterocycles. The molecule has 5 nitrogen and oxygen atoms in total. The van der Waals surface area contributed by atoms with Crippen molar-refractivity contribution in [3.05, 3.63) is 70.9 Å². The van der Waals surface area contributed by atoms with Crippen LogP contribution in [0.15, 0.2) is 48.5 Å². The van der Waals surface area contributed by atoms with Gasteiger partial charge in [-0.25, -0.2) is 9.87 Å². The Morgan fingerprint density at radius 3 is 2.32 bits per heavy atom. The van der Waals surface area contributed by atoms with Crippen molar-refractivity contribution in [1.82, 2.24) is 14.9 Å². The normalized spacial score (nSPS) is 18.3. The Bertz CT molecular complexity index is 1140. The first-order chi connectivity index (χ1) is 17.9. The van der Waals surface area contributed by atoms with E-state index in [-0.39, 0.29) is 6.41 Å². The van der Waals surface area contributed by atoms with Gasteiger partial charge in [0.1, 0.15) is 5.67 Å². The Labute approximate surface area is 220 Å². The Hall–Kier alpha value is -2.70. The minimum atomic E-state index is -0.927. The largest absolute Gasteiger partial charge is 0.344 e. The highest BCUT2D eigenvalue weighted by atomic mass is 19.1. The van der Waals surface area contributed by atoms with Gasteiger partial charge in [0.05, 0.1) is 0 Å². The van der Waals surface area contributed by atoms with Gasteiger partial charge in [0.2, 0.25) is 6.41 Å². The molecule has 2 aromatic carbocycles. The molecule has 1 amide bonds. The van der Waals surface area contributed by atoms with Crippen molar-refractivity contribution in [2.45, 2.75) is 77.4 Å². The number of rotatable bonds is 7. The SMILES string of the molecule is Cc1ccc(Cc2c(C)n(CC3CCN(CC4(F)CCCCC4)CC3)c3ccccc23)cc1.O=CNO. The van der Waals surface area contributed by atoms with Gasteiger partial charge in [-0.1, -0.05) is 67.3 Å². The third-order valence-electron chi connectivity index (χ3n) is 8.32. The van der Waals surface area contributed by atoms with Gasteiger partial charge in [0.15, 0.2) is 0 Å². The van der Waals surface area contributed by atoms with E-state index in [2.05, 4.69) is 71.8 Å². The number of halogens is 1. The number of likely N-dealkylation sites (tertiary alicyclic amines) is 1. The van der Waals surface area contributed by atoms with Crippen LogP contribution in [-0.2, 0) is 17.8 Å². The fraction of sp³-hybridized carbons (Fsp3) is 0.516. The van der Waals surface area contributed by atoms with Gasteiger partial charge in [0.25, 0.3) is 0 Å². The van der Waals surface area contributed by atoms with Gasteiger partial charge in [0, 0.05) is 29.7 Å². The zero-order valence-corrected chi connectivity index (χ0v) is 22.4. The summed E-state index contributed by atoms with van der Waals surface area (Å²) in [4.78, 5) is 11.2. The monoisotopic (exact) mass is 507 g/mol. The molecule has 2 N–H and O–H groups in total. The summed E-state index contributed by atoms with van der Waals surface area (Å²) in [5, 5.41) is 8.65. The number of hydrogen-bond donors (Lipinski definition) is 2. The third kappa shape index (κ3) is 6.99. The lowest BCUT2D eigenvalue weighted by atomic mass is 9.85. The molecule has 0 radical (unpaired) electrons. The molecule has 0 atom stereocenters. The smallest absolute Gasteiger partial charge is 0.230 e. The van der Waals surface area contributed by atoms with E-state index in [0.717, 1.165) is 51.7 Å². The van der Waals surface area contributed by atoms with E-state index in [1.165, 1.54) is 58.0 Å². The molecular weight excluding hydrogens is 465 g/mol. The quantitative estimate of drug-likeness (QED) is 0.222. The van der Waals surface area contributed by atoms with E-state index in [9.17, 15) is 0 Å². The maximum Gasteiger partial charge on any atom is 0.230 e. The number of amides is 1. The summed E-state index contributed by atoms with van der Waals surface area (Å²) in [6, 6.07) is 17.9. The third-order valence-corrected chi connectivity index (χ3v) is 8.32. The average molecular weight is 508 g/mol. The van der Waals surface area contributed by atoms with Crippen molar-refractivity contribution in [3.8, 4) is 0 Å². The first-order valence-corrected chi connectivity index (χ1v) is 13.8. The van der Waals surface area contributed by atoms with Gasteiger partial charge in [-0.05, 0) is 82.2 Å². The predicted octanol–water partition coefficient (Wildman–Crippen LogP) is 6.35. The molecule has 0 unspecified atom stereocenters. The molecular formula is C31H42FN3O2. The summed E-state index contributed by atoms with van der Waals surface area (Å²) in [5.41, 5.74) is 7.25. The fourth-order valence-electron chi connectivity index (χ4n) is 6.20. The van der Waals surface area contributed by atoms with E-state index in [4.69, 9.17) is 10.0 Å². The molecule has 0 spiro atoms. The molecule has 3 aromatic rings. The molecule has 2 fully saturated rings. The van der Waals surface area contributed by atoms with Crippen LogP contribution in [0.25, 0.3) is 10.9 Å². The first-order valence-electron chi connectivity index (χ1n) is 13.8. The molecule has 1 aliphatic carbocycles. The number of hydrogen-bond acceptors (Lipinski definition) is 3. The number of nitrogens with one attached hydrogen (secondary N) is 1. The van der Waals surface area contributed by atoms with Crippen molar-refractivity contribution < 1.29 is 14.4 Å². The Balaban J connectivity index is 0.000000747. The number of carbonyl (C=O) groups excluding carboxylic acids is 1. The van der Waals surface area contributed by atoms with E-state index >= 15 is 4.39 Å². The molecule has 2 aliphatic rings. The molecule has 5 rings (SSSR count). The molecule has 1 saturated carbocycles. The number of carbonyl (C=O) groups is 1. The minimum absolute atomic E-state index is 0.181. The molecule has 6 heteroatoms. The summed E-state index contributed by atoms with van der Waals surface area (Å²) in [5.74, 6) is 0.671. The highest BCUT2D eigenvalue weighted by Gasteiger charge is 2.35. The van der Waals surface area contributed by atoms with Crippen molar-refractivity contribution in [2.75, 3.05) is 19.6 Å². The van der Waals surface area contributed by atoms with E-state index in [1.807, 2.05) is 0 Å². The molecule has 2 heterocycles. The first kappa shape index (κ1) is 27.3. The summed E-state index contributed by atoms with van der Waals surface area (Å²) in [7, 11) is 0. The molecule has 200 valence electrons. The molecule has 1 saturated heterocycles. The topological polar surface area (TPSA) is 57.5 Å². The summed E-state index contributed by atoms with van der Waals surface area (Å²) in [6.45, 7) is 8.28. The van der Waals surface area contributed by atoms with Crippen LogP contribution in [0.3, 0.4) is 0 Å². The Morgan fingerprint density at radius 2 is 1.68 bits per heavy atom. The highest BCUT2D eigenvalue weighted by Crippen LogP contribution is 2.34. The van der Waals surface area contributed by atoms with Gasteiger partial charge >= 0.3 is 0 Å². The minimum Gasteiger partial charge on any atom is -0.344 e. The van der Waals surface area contributed by atoms with Gasteiger partial charge in [-0.15, -0.1) is 0 Å². The maximum absolute atomic E-state index is 15.2. The van der Waals surface area contributed by atoms with Crippen LogP contribution in [0.5, 0.6) is 0 Å². The summed E-state index contributed by atoms with van der Waals surface area (Å²) in [6.07, 6.45) is 8.40. The number of para-hydroxylation sites is 1. The lowest BCUT2D eigenvalue weighted by Crippen LogP contribution is -2.45. The van der Waals surface area contributed by atoms with Gasteiger partial charge in [-0.3, -0.25) is 10.0 Å². The van der Waals surface area contributed by atoms with Crippen LogP contribution in [-0.4, -0.2) is 46.4 Å². The Kier molecular flexibility index (Phi) is 9.38. The number of nitrogens with zero attached hydrogens (tertiary/aromatic N) is 2. The van der Waals surface area contributed by atoms with E-state index in [0.29, 0.717) is 12.5 Å². The second-order valence-electron chi connectivity index (χ2n) is 11.0.